The predicted octanol–water partition coefficient (Wildman–Crippen LogP) is 6.58. The van der Waals surface area contributed by atoms with Gasteiger partial charge in [-0.1, -0.05) is 24.4 Å². The zero-order chi connectivity index (χ0) is 22.5. The van der Waals surface area contributed by atoms with E-state index in [0.29, 0.717) is 0 Å². The van der Waals surface area contributed by atoms with Crippen LogP contribution in [-0.4, -0.2) is 18.8 Å². The Morgan fingerprint density at radius 1 is 0.771 bits per heavy atom. The van der Waals surface area contributed by atoms with Crippen LogP contribution in [0.25, 0.3) is 55.6 Å². The molecule has 1 radical (unpaired) electrons. The number of nitrogens with zero attached hydrogens (tertiary/aromatic N) is 4. The second kappa shape index (κ2) is 8.54. The zero-order valence-corrected chi connectivity index (χ0v) is 20.6. The van der Waals surface area contributed by atoms with Gasteiger partial charge in [0.1, 0.15) is 22.5 Å². The van der Waals surface area contributed by atoms with Gasteiger partial charge in [-0.05, 0) is 41.5 Å². The fourth-order valence-electron chi connectivity index (χ4n) is 4.46. The summed E-state index contributed by atoms with van der Waals surface area (Å²) in [4.78, 5) is 8.64. The van der Waals surface area contributed by atoms with Crippen molar-refractivity contribution in [1.82, 2.24) is 18.8 Å². The molecule has 5 aromatic heterocycles. The summed E-state index contributed by atoms with van der Waals surface area (Å²) in [5.41, 5.74) is 6.55. The average molecular weight is 633 g/mol. The summed E-state index contributed by atoms with van der Waals surface area (Å²) in [6.45, 7) is 0. The summed E-state index contributed by atoms with van der Waals surface area (Å²) in [7, 11) is 0. The van der Waals surface area contributed by atoms with Crippen LogP contribution in [0.3, 0.4) is 0 Å². The molecule has 0 aliphatic rings. The number of aromatic nitrogens is 4. The number of furan rings is 1. The van der Waals surface area contributed by atoms with Crippen molar-refractivity contribution in [3.63, 3.8) is 0 Å². The minimum atomic E-state index is 0. The quantitative estimate of drug-likeness (QED) is 0.192. The average Bonchev–Trinajstić information content (AvgIpc) is 3.57. The largest absolute Gasteiger partial charge is 0.476 e. The Bertz CT molecular complexity index is 1880. The first-order valence-electron chi connectivity index (χ1n) is 10.8. The standard InChI is InChI=1S/C17H8N3O2.C11H8N.Ir/c1-2-11-14-12(3-1)22-13-5-4-10-16(15(13)14)20(8-9-21-11)17-18-6-7-19(10)17;1-2-6-10(7-3-1)11-8-4-5-9-12-11;/h1-7,9H;1-6,8-9H;/q2*-1;. The van der Waals surface area contributed by atoms with Crippen LogP contribution in [0.1, 0.15) is 0 Å². The van der Waals surface area contributed by atoms with Crippen molar-refractivity contribution in [2.75, 3.05) is 0 Å². The first-order valence-corrected chi connectivity index (χ1v) is 10.8. The van der Waals surface area contributed by atoms with Crippen molar-refractivity contribution in [2.45, 2.75) is 0 Å². The third-order valence-corrected chi connectivity index (χ3v) is 5.90. The molecule has 0 unspecified atom stereocenters. The van der Waals surface area contributed by atoms with Crippen LogP contribution >= 0.6 is 0 Å². The van der Waals surface area contributed by atoms with Crippen molar-refractivity contribution >= 4 is 44.3 Å². The van der Waals surface area contributed by atoms with Gasteiger partial charge < -0.3 is 22.6 Å². The molecule has 0 N–H and O–H groups in total. The van der Waals surface area contributed by atoms with Crippen LogP contribution in [0.4, 0.5) is 0 Å². The van der Waals surface area contributed by atoms with E-state index in [1.54, 1.807) is 18.7 Å². The second-order valence-corrected chi connectivity index (χ2v) is 7.83. The SMILES string of the molecule is [Ir].[c-]1ccccc1-c1ccccn1.[c-]1coc2cccc3oc4ccc5c(c4c23)n1c1nccn51. The molecule has 0 saturated heterocycles. The van der Waals surface area contributed by atoms with Crippen molar-refractivity contribution in [3.8, 4) is 11.3 Å². The molecule has 0 spiro atoms. The maximum absolute atomic E-state index is 5.99. The molecule has 0 aliphatic carbocycles. The Morgan fingerprint density at radius 3 is 2.51 bits per heavy atom. The van der Waals surface area contributed by atoms with Crippen LogP contribution in [0.2, 0.25) is 0 Å². The molecule has 0 atom stereocenters. The third kappa shape index (κ3) is 3.36. The summed E-state index contributed by atoms with van der Waals surface area (Å²) in [5, 5.41) is 2.03. The number of hydrogen-bond acceptors (Lipinski definition) is 4. The molecule has 3 aromatic carbocycles. The maximum atomic E-state index is 5.99. The van der Waals surface area contributed by atoms with E-state index in [-0.39, 0.29) is 20.1 Å². The molecule has 171 valence electrons. The van der Waals surface area contributed by atoms with E-state index >= 15 is 0 Å². The van der Waals surface area contributed by atoms with Gasteiger partial charge in [0.2, 0.25) is 0 Å². The van der Waals surface area contributed by atoms with Gasteiger partial charge in [0.15, 0.2) is 0 Å². The molecule has 0 saturated carbocycles. The van der Waals surface area contributed by atoms with Crippen LogP contribution < -0.4 is 0 Å². The monoisotopic (exact) mass is 633 g/mol. The number of hydrogen-bond donors (Lipinski definition) is 0. The third-order valence-electron chi connectivity index (χ3n) is 5.90. The molecule has 0 fully saturated rings. The van der Waals surface area contributed by atoms with Crippen molar-refractivity contribution < 1.29 is 28.9 Å². The van der Waals surface area contributed by atoms with E-state index in [4.69, 9.17) is 8.83 Å². The molecule has 5 heterocycles. The zero-order valence-electron chi connectivity index (χ0n) is 18.2. The van der Waals surface area contributed by atoms with Crippen LogP contribution in [0.5, 0.6) is 0 Å². The fourth-order valence-corrected chi connectivity index (χ4v) is 4.46. The van der Waals surface area contributed by atoms with Crippen LogP contribution in [-0.2, 0) is 20.1 Å². The summed E-state index contributed by atoms with van der Waals surface area (Å²) in [6.07, 6.45) is 10.2. The van der Waals surface area contributed by atoms with Crippen molar-refractivity contribution in [2.24, 2.45) is 0 Å². The number of fused-ring (bicyclic) bond motifs is 3. The first kappa shape index (κ1) is 21.3. The van der Waals surface area contributed by atoms with Crippen LogP contribution in [0, 0.1) is 12.3 Å². The van der Waals surface area contributed by atoms with E-state index in [1.807, 2.05) is 81.7 Å². The van der Waals surface area contributed by atoms with Gasteiger partial charge in [-0.25, -0.2) is 0 Å². The Labute approximate surface area is 212 Å². The number of rotatable bonds is 1. The molecule has 35 heavy (non-hydrogen) atoms. The Morgan fingerprint density at radius 2 is 1.66 bits per heavy atom. The van der Waals surface area contributed by atoms with E-state index < -0.39 is 0 Å². The van der Waals surface area contributed by atoms with E-state index in [1.165, 1.54) is 0 Å². The summed E-state index contributed by atoms with van der Waals surface area (Å²) < 4.78 is 15.7. The minimum Gasteiger partial charge on any atom is -0.476 e. The molecular formula is C28H16IrN4O2-2. The number of imidazole rings is 2. The number of benzene rings is 3. The second-order valence-electron chi connectivity index (χ2n) is 7.83. The Balaban J connectivity index is 0.000000151. The molecular weight excluding hydrogens is 617 g/mol. The van der Waals surface area contributed by atoms with Gasteiger partial charge >= 0.3 is 0 Å². The number of pyridine rings is 1. The van der Waals surface area contributed by atoms with Crippen molar-refractivity contribution in [3.05, 3.63) is 110 Å². The minimum absolute atomic E-state index is 0. The van der Waals surface area contributed by atoms with E-state index in [2.05, 4.69) is 28.3 Å². The normalized spacial score (nSPS) is 11.2. The summed E-state index contributed by atoms with van der Waals surface area (Å²) in [5.74, 6) is 0.802. The predicted molar refractivity (Wildman–Crippen MR) is 131 cm³/mol. The maximum Gasteiger partial charge on any atom is 0.138 e. The van der Waals surface area contributed by atoms with Gasteiger partial charge in [-0.15, -0.1) is 35.9 Å². The van der Waals surface area contributed by atoms with E-state index in [9.17, 15) is 0 Å². The molecule has 7 heteroatoms. The molecule has 0 aliphatic heterocycles. The summed E-state index contributed by atoms with van der Waals surface area (Å²) >= 11 is 0. The Hall–Kier alpha value is -4.19. The molecule has 0 amide bonds. The molecule has 8 aromatic rings. The molecule has 0 bridgehead atoms. The van der Waals surface area contributed by atoms with Gasteiger partial charge in [-0.3, -0.25) is 4.98 Å². The van der Waals surface area contributed by atoms with Gasteiger partial charge in [0.25, 0.3) is 0 Å². The van der Waals surface area contributed by atoms with E-state index in [0.717, 1.165) is 55.6 Å². The van der Waals surface area contributed by atoms with Crippen molar-refractivity contribution in [1.29, 1.82) is 0 Å². The first-order chi connectivity index (χ1) is 16.9. The smallest absolute Gasteiger partial charge is 0.138 e. The van der Waals surface area contributed by atoms with Gasteiger partial charge in [0, 0.05) is 55.9 Å². The van der Waals surface area contributed by atoms with Crippen LogP contribution in [0.15, 0.2) is 106 Å². The molecule has 8 rings (SSSR count). The summed E-state index contributed by atoms with van der Waals surface area (Å²) in [6, 6.07) is 26.7. The fraction of sp³-hybridized carbons (Fsp3) is 0. The Kier molecular flexibility index (Phi) is 5.21. The topological polar surface area (TPSA) is 60.9 Å². The van der Waals surface area contributed by atoms with Gasteiger partial charge in [-0.2, -0.15) is 0 Å². The van der Waals surface area contributed by atoms with Gasteiger partial charge in [0.05, 0.1) is 5.39 Å². The molecule has 6 nitrogen and oxygen atoms in total.